The summed E-state index contributed by atoms with van der Waals surface area (Å²) in [7, 11) is -0.800. The second kappa shape index (κ2) is 9.64. The van der Waals surface area contributed by atoms with Gasteiger partial charge in [0.2, 0.25) is 15.9 Å². The van der Waals surface area contributed by atoms with Crippen LogP contribution < -0.4 is 20.3 Å². The molecule has 33 heavy (non-hydrogen) atoms. The highest BCUT2D eigenvalue weighted by molar-refractivity contribution is 7.89. The molecule has 2 N–H and O–H groups in total. The van der Waals surface area contributed by atoms with E-state index in [9.17, 15) is 17.6 Å². The molecule has 178 valence electrons. The minimum absolute atomic E-state index is 0.0877. The monoisotopic (exact) mass is 478 g/mol. The summed E-state index contributed by atoms with van der Waals surface area (Å²) < 4.78 is 51.1. The van der Waals surface area contributed by atoms with Gasteiger partial charge in [0.05, 0.1) is 19.1 Å². The maximum absolute atomic E-state index is 13.2. The molecule has 11 heteroatoms. The molecule has 2 aliphatic rings. The third kappa shape index (κ3) is 4.81. The van der Waals surface area contributed by atoms with E-state index in [-0.39, 0.29) is 35.8 Å². The topological polar surface area (TPSA) is 100 Å². The van der Waals surface area contributed by atoms with Gasteiger partial charge >= 0.3 is 0 Å². The Morgan fingerprint density at radius 2 is 1.64 bits per heavy atom. The lowest BCUT2D eigenvalue weighted by Crippen LogP contribution is -2.54. The zero-order valence-corrected chi connectivity index (χ0v) is 19.3. The molecule has 9 nitrogen and oxygen atoms in total. The van der Waals surface area contributed by atoms with Crippen LogP contribution in [-0.4, -0.2) is 70.0 Å². The molecule has 2 heterocycles. The molecule has 0 spiro atoms. The van der Waals surface area contributed by atoms with Gasteiger partial charge in [-0.15, -0.1) is 0 Å². The molecule has 2 aromatic carbocycles. The lowest BCUT2D eigenvalue weighted by atomic mass is 10.0. The van der Waals surface area contributed by atoms with Crippen LogP contribution in [0.15, 0.2) is 47.4 Å². The Morgan fingerprint density at radius 1 is 0.970 bits per heavy atom. The van der Waals surface area contributed by atoms with E-state index in [1.54, 1.807) is 23.1 Å². The molecule has 4 rings (SSSR count). The number of ether oxygens (including phenoxy) is 2. The number of carbonyl (C=O) groups is 1. The fourth-order valence-corrected chi connectivity index (χ4v) is 5.57. The smallest absolute Gasteiger partial charge is 0.243 e. The SMILES string of the molecule is COc1ccc(S(=O)(=O)N2CCN(C(=O)C3CC(c4ccc(F)cc4)NN3)CC2)cc1OC. The van der Waals surface area contributed by atoms with Gasteiger partial charge in [-0.05, 0) is 36.2 Å². The molecule has 1 amide bonds. The van der Waals surface area contributed by atoms with Crippen LogP contribution in [0.3, 0.4) is 0 Å². The third-order valence-corrected chi connectivity index (χ3v) is 7.91. The predicted molar refractivity (Wildman–Crippen MR) is 119 cm³/mol. The Morgan fingerprint density at radius 3 is 2.27 bits per heavy atom. The van der Waals surface area contributed by atoms with Gasteiger partial charge in [-0.25, -0.2) is 23.7 Å². The number of hydrogen-bond acceptors (Lipinski definition) is 7. The van der Waals surface area contributed by atoms with E-state index >= 15 is 0 Å². The van der Waals surface area contributed by atoms with E-state index in [2.05, 4.69) is 10.9 Å². The molecular weight excluding hydrogens is 451 g/mol. The quantitative estimate of drug-likeness (QED) is 0.645. The van der Waals surface area contributed by atoms with Crippen LogP contribution in [0.2, 0.25) is 0 Å². The summed E-state index contributed by atoms with van der Waals surface area (Å²) >= 11 is 0. The molecule has 2 saturated heterocycles. The largest absolute Gasteiger partial charge is 0.493 e. The first-order valence-electron chi connectivity index (χ1n) is 10.6. The second-order valence-electron chi connectivity index (χ2n) is 7.93. The van der Waals surface area contributed by atoms with Crippen molar-refractivity contribution in [3.8, 4) is 11.5 Å². The third-order valence-electron chi connectivity index (χ3n) is 6.02. The number of carbonyl (C=O) groups excluding carboxylic acids is 1. The van der Waals surface area contributed by atoms with Gasteiger partial charge in [0.25, 0.3) is 0 Å². The van der Waals surface area contributed by atoms with Crippen molar-refractivity contribution in [1.29, 1.82) is 0 Å². The van der Waals surface area contributed by atoms with Crippen LogP contribution in [0, 0.1) is 5.82 Å². The van der Waals surface area contributed by atoms with E-state index in [4.69, 9.17) is 9.47 Å². The van der Waals surface area contributed by atoms with Gasteiger partial charge in [0.15, 0.2) is 11.5 Å². The van der Waals surface area contributed by atoms with Gasteiger partial charge in [-0.3, -0.25) is 4.79 Å². The molecule has 0 bridgehead atoms. The Bertz CT molecular complexity index is 1100. The molecule has 0 saturated carbocycles. The van der Waals surface area contributed by atoms with E-state index in [0.29, 0.717) is 31.0 Å². The van der Waals surface area contributed by atoms with E-state index in [0.717, 1.165) is 5.56 Å². The molecule has 0 radical (unpaired) electrons. The molecule has 0 aromatic heterocycles. The van der Waals surface area contributed by atoms with E-state index in [1.165, 1.54) is 42.8 Å². The molecule has 0 aliphatic carbocycles. The minimum atomic E-state index is -3.73. The van der Waals surface area contributed by atoms with Crippen molar-refractivity contribution in [3.63, 3.8) is 0 Å². The summed E-state index contributed by atoms with van der Waals surface area (Å²) in [5.74, 6) is 0.389. The van der Waals surface area contributed by atoms with E-state index < -0.39 is 16.1 Å². The van der Waals surface area contributed by atoms with Crippen LogP contribution in [0.1, 0.15) is 18.0 Å². The summed E-state index contributed by atoms with van der Waals surface area (Å²) in [5.41, 5.74) is 7.00. The van der Waals surface area contributed by atoms with Crippen LogP contribution in [0.4, 0.5) is 4.39 Å². The van der Waals surface area contributed by atoms with Crippen molar-refractivity contribution < 1.29 is 27.1 Å². The van der Waals surface area contributed by atoms with Crippen LogP contribution in [0.5, 0.6) is 11.5 Å². The zero-order valence-electron chi connectivity index (χ0n) is 18.5. The zero-order chi connectivity index (χ0) is 23.6. The number of nitrogens with zero attached hydrogens (tertiary/aromatic N) is 2. The Kier molecular flexibility index (Phi) is 6.84. The fourth-order valence-electron chi connectivity index (χ4n) is 4.13. The van der Waals surface area contributed by atoms with Crippen molar-refractivity contribution in [3.05, 3.63) is 53.8 Å². The van der Waals surface area contributed by atoms with Gasteiger partial charge in [-0.2, -0.15) is 4.31 Å². The number of halogens is 1. The molecule has 2 unspecified atom stereocenters. The van der Waals surface area contributed by atoms with Crippen LogP contribution in [-0.2, 0) is 14.8 Å². The highest BCUT2D eigenvalue weighted by atomic mass is 32.2. The molecule has 2 atom stereocenters. The number of amides is 1. The Balaban J connectivity index is 1.36. The fraction of sp³-hybridized carbons (Fsp3) is 0.409. The maximum atomic E-state index is 13.2. The molecular formula is C22H27FN4O5S. The van der Waals surface area contributed by atoms with E-state index in [1.807, 2.05) is 0 Å². The average molecular weight is 479 g/mol. The summed E-state index contributed by atoms with van der Waals surface area (Å²) in [6.45, 7) is 0.989. The minimum Gasteiger partial charge on any atom is -0.493 e. The average Bonchev–Trinajstić information content (AvgIpc) is 3.34. The number of methoxy groups -OCH3 is 2. The normalized spacial score (nSPS) is 21.7. The summed E-state index contributed by atoms with van der Waals surface area (Å²) in [6, 6.07) is 10.1. The first-order valence-corrected chi connectivity index (χ1v) is 12.0. The lowest BCUT2D eigenvalue weighted by molar-refractivity contribution is -0.134. The van der Waals surface area contributed by atoms with Gasteiger partial charge < -0.3 is 14.4 Å². The number of benzene rings is 2. The highest BCUT2D eigenvalue weighted by Gasteiger charge is 2.36. The van der Waals surface area contributed by atoms with Crippen molar-refractivity contribution >= 4 is 15.9 Å². The lowest BCUT2D eigenvalue weighted by Gasteiger charge is -2.35. The van der Waals surface area contributed by atoms with Gasteiger partial charge in [0, 0.05) is 38.3 Å². The molecule has 2 fully saturated rings. The summed E-state index contributed by atoms with van der Waals surface area (Å²) in [4.78, 5) is 14.8. The number of hydrazine groups is 1. The number of hydrogen-bond donors (Lipinski definition) is 2. The van der Waals surface area contributed by atoms with Crippen LogP contribution in [0.25, 0.3) is 0 Å². The van der Waals surface area contributed by atoms with Gasteiger partial charge in [-0.1, -0.05) is 12.1 Å². The van der Waals surface area contributed by atoms with Gasteiger partial charge in [0.1, 0.15) is 11.9 Å². The van der Waals surface area contributed by atoms with Crippen molar-refractivity contribution in [2.75, 3.05) is 40.4 Å². The Hall–Kier alpha value is -2.73. The van der Waals surface area contributed by atoms with Crippen molar-refractivity contribution in [1.82, 2.24) is 20.1 Å². The Labute approximate surface area is 192 Å². The van der Waals surface area contributed by atoms with Crippen molar-refractivity contribution in [2.45, 2.75) is 23.4 Å². The highest BCUT2D eigenvalue weighted by Crippen LogP contribution is 2.31. The van der Waals surface area contributed by atoms with Crippen molar-refractivity contribution in [2.24, 2.45) is 0 Å². The molecule has 2 aromatic rings. The van der Waals surface area contributed by atoms with Crippen LogP contribution >= 0.6 is 0 Å². The first kappa shape index (κ1) is 23.4. The first-order chi connectivity index (χ1) is 15.8. The number of rotatable bonds is 6. The maximum Gasteiger partial charge on any atom is 0.243 e. The molecule has 2 aliphatic heterocycles. The standard InChI is InChI=1S/C22H27FN4O5S/c1-31-20-8-7-17(13-21(20)32-2)33(29,30)27-11-9-26(10-12-27)22(28)19-14-18(24-25-19)15-3-5-16(23)6-4-15/h3-8,13,18-19,24-25H,9-12,14H2,1-2H3. The number of nitrogens with one attached hydrogen (secondary N) is 2. The predicted octanol–water partition coefficient (Wildman–Crippen LogP) is 1.28. The number of piperazine rings is 1. The summed E-state index contributed by atoms with van der Waals surface area (Å²) in [6.07, 6.45) is 0.522. The number of sulfonamides is 1. The summed E-state index contributed by atoms with van der Waals surface area (Å²) in [5, 5.41) is 0. The second-order valence-corrected chi connectivity index (χ2v) is 9.87.